The van der Waals surface area contributed by atoms with Gasteiger partial charge in [-0.2, -0.15) is 0 Å². The van der Waals surface area contributed by atoms with E-state index in [0.717, 1.165) is 44.4 Å². The molecule has 0 amide bonds. The van der Waals surface area contributed by atoms with Crippen molar-refractivity contribution in [3.05, 3.63) is 197 Å². The van der Waals surface area contributed by atoms with E-state index in [1.165, 1.54) is 72.4 Å². The van der Waals surface area contributed by atoms with Gasteiger partial charge >= 0.3 is 0 Å². The van der Waals surface area contributed by atoms with Gasteiger partial charge in [-0.3, -0.25) is 0 Å². The van der Waals surface area contributed by atoms with Gasteiger partial charge in [0, 0.05) is 38.5 Å². The first-order valence-electron chi connectivity index (χ1n) is 23.5. The largest absolute Gasteiger partial charge is 0.456 e. The fourth-order valence-electron chi connectivity index (χ4n) is 12.3. The van der Waals surface area contributed by atoms with E-state index in [-0.39, 0.29) is 27.1 Å². The van der Waals surface area contributed by atoms with Gasteiger partial charge in [0.25, 0.3) is 0 Å². The van der Waals surface area contributed by atoms with Crippen molar-refractivity contribution in [2.24, 2.45) is 5.41 Å². The van der Waals surface area contributed by atoms with E-state index in [1.54, 1.807) is 0 Å². The lowest BCUT2D eigenvalue weighted by molar-refractivity contribution is 0.125. The standard InChI is InChI=1S/C63H57NO/c1-59(2)50-20-14-11-17-43(50)45-31-29-42(35-53(45)59)64(41-27-23-38(24-28-41)39-25-30-47-46-19-13-16-22-57(46)65-58(47)34-39)56-37-54-49(44-18-12-15-21-51(44)60(54,3)4)36-48(56)40-26-32-52-55(33-40)62(7,8)63(9,10)61(52,5)6/h11-37H,1-10H3. The van der Waals surface area contributed by atoms with Crippen molar-refractivity contribution < 1.29 is 4.42 Å². The maximum Gasteiger partial charge on any atom is 0.136 e. The van der Waals surface area contributed by atoms with Crippen LogP contribution in [-0.4, -0.2) is 0 Å². The molecule has 2 heteroatoms. The number of nitrogens with zero attached hydrogens (tertiary/aromatic N) is 1. The van der Waals surface area contributed by atoms with Crippen LogP contribution in [0.15, 0.2) is 168 Å². The van der Waals surface area contributed by atoms with Crippen molar-refractivity contribution in [1.82, 2.24) is 0 Å². The van der Waals surface area contributed by atoms with Crippen LogP contribution in [0.2, 0.25) is 0 Å². The molecule has 9 aromatic rings. The lowest BCUT2D eigenvalue weighted by Gasteiger charge is -2.44. The van der Waals surface area contributed by atoms with Crippen LogP contribution in [0.3, 0.4) is 0 Å². The predicted octanol–water partition coefficient (Wildman–Crippen LogP) is 17.6. The van der Waals surface area contributed by atoms with Crippen LogP contribution in [0.25, 0.3) is 66.4 Å². The van der Waals surface area contributed by atoms with Gasteiger partial charge < -0.3 is 9.32 Å². The molecule has 1 heterocycles. The van der Waals surface area contributed by atoms with Gasteiger partial charge in [-0.1, -0.05) is 178 Å². The third-order valence-corrected chi connectivity index (χ3v) is 17.4. The lowest BCUT2D eigenvalue weighted by atomic mass is 9.59. The summed E-state index contributed by atoms with van der Waals surface area (Å²) in [6.07, 6.45) is 0. The summed E-state index contributed by atoms with van der Waals surface area (Å²) in [6.45, 7) is 24.3. The van der Waals surface area contributed by atoms with Crippen LogP contribution in [0.1, 0.15) is 103 Å². The topological polar surface area (TPSA) is 16.4 Å². The molecule has 12 rings (SSSR count). The lowest BCUT2D eigenvalue weighted by Crippen LogP contribution is -2.42. The van der Waals surface area contributed by atoms with Crippen molar-refractivity contribution in [2.45, 2.75) is 90.9 Å². The van der Waals surface area contributed by atoms with Crippen LogP contribution in [0.5, 0.6) is 0 Å². The van der Waals surface area contributed by atoms with Crippen molar-refractivity contribution in [1.29, 1.82) is 0 Å². The van der Waals surface area contributed by atoms with Gasteiger partial charge in [-0.25, -0.2) is 0 Å². The van der Waals surface area contributed by atoms with E-state index in [1.807, 2.05) is 6.07 Å². The van der Waals surface area contributed by atoms with Crippen molar-refractivity contribution >= 4 is 39.0 Å². The summed E-state index contributed by atoms with van der Waals surface area (Å²) >= 11 is 0. The summed E-state index contributed by atoms with van der Waals surface area (Å²) in [7, 11) is 0. The van der Waals surface area contributed by atoms with E-state index in [0.29, 0.717) is 0 Å². The molecule has 3 aliphatic rings. The highest BCUT2D eigenvalue weighted by atomic mass is 16.3. The van der Waals surface area contributed by atoms with Crippen molar-refractivity contribution in [3.63, 3.8) is 0 Å². The third-order valence-electron chi connectivity index (χ3n) is 17.4. The highest BCUT2D eigenvalue weighted by Gasteiger charge is 2.56. The second kappa shape index (κ2) is 13.2. The van der Waals surface area contributed by atoms with Crippen LogP contribution >= 0.6 is 0 Å². The second-order valence-corrected chi connectivity index (χ2v) is 21.8. The minimum Gasteiger partial charge on any atom is -0.456 e. The number of para-hydroxylation sites is 1. The Kier molecular flexibility index (Phi) is 8.12. The SMILES string of the molecule is CC1(C)c2ccccc2-c2ccc(N(c3ccc(-c4ccc5c(c4)oc4ccccc45)cc3)c3cc4c(cc3-c3ccc5c(c3)C(C)(C)C(C)(C)C5(C)C)-c3ccccc3C4(C)C)cc21. The summed E-state index contributed by atoms with van der Waals surface area (Å²) in [5.41, 5.74) is 23.5. The molecule has 0 saturated heterocycles. The minimum atomic E-state index is -0.181. The Labute approximate surface area is 384 Å². The van der Waals surface area contributed by atoms with E-state index >= 15 is 0 Å². The molecular weight excluding hydrogens is 787 g/mol. The smallest absolute Gasteiger partial charge is 0.136 e. The summed E-state index contributed by atoms with van der Waals surface area (Å²) in [4.78, 5) is 2.55. The van der Waals surface area contributed by atoms with Crippen LogP contribution in [0.4, 0.5) is 17.1 Å². The van der Waals surface area contributed by atoms with Crippen LogP contribution < -0.4 is 4.90 Å². The molecule has 3 aliphatic carbocycles. The first-order chi connectivity index (χ1) is 31.0. The molecule has 320 valence electrons. The van der Waals surface area contributed by atoms with Crippen molar-refractivity contribution in [2.75, 3.05) is 4.90 Å². The summed E-state index contributed by atoms with van der Waals surface area (Å²) in [5.74, 6) is 0. The Hall–Kier alpha value is -6.64. The Morgan fingerprint density at radius 1 is 0.338 bits per heavy atom. The normalized spacial score (nSPS) is 17.4. The highest BCUT2D eigenvalue weighted by molar-refractivity contribution is 6.06. The Morgan fingerprint density at radius 3 is 1.62 bits per heavy atom. The summed E-state index contributed by atoms with van der Waals surface area (Å²) < 4.78 is 6.36. The molecule has 65 heavy (non-hydrogen) atoms. The van der Waals surface area contributed by atoms with E-state index < -0.39 is 0 Å². The number of rotatable bonds is 5. The number of anilines is 3. The number of hydrogen-bond acceptors (Lipinski definition) is 2. The summed E-state index contributed by atoms with van der Waals surface area (Å²) in [5, 5.41) is 2.29. The maximum atomic E-state index is 6.36. The van der Waals surface area contributed by atoms with Gasteiger partial charge in [0.15, 0.2) is 0 Å². The number of hydrogen-bond donors (Lipinski definition) is 0. The molecule has 0 N–H and O–H groups in total. The molecule has 2 nitrogen and oxygen atoms in total. The minimum absolute atomic E-state index is 0.0195. The molecule has 0 aliphatic heterocycles. The predicted molar refractivity (Wildman–Crippen MR) is 274 cm³/mol. The highest BCUT2D eigenvalue weighted by Crippen LogP contribution is 2.63. The molecule has 0 atom stereocenters. The Balaban J connectivity index is 1.10. The summed E-state index contributed by atoms with van der Waals surface area (Å²) in [6, 6.07) is 61.8. The second-order valence-electron chi connectivity index (χ2n) is 21.8. The zero-order valence-corrected chi connectivity index (χ0v) is 39.4. The van der Waals surface area contributed by atoms with Gasteiger partial charge in [0.05, 0.1) is 5.69 Å². The zero-order chi connectivity index (χ0) is 45.0. The van der Waals surface area contributed by atoms with Crippen molar-refractivity contribution in [3.8, 4) is 44.5 Å². The Morgan fingerprint density at radius 2 is 0.892 bits per heavy atom. The molecule has 0 unspecified atom stereocenters. The molecule has 8 aromatic carbocycles. The van der Waals surface area contributed by atoms with Gasteiger partial charge in [-0.15, -0.1) is 0 Å². The quantitative estimate of drug-likeness (QED) is 0.172. The van der Waals surface area contributed by atoms with E-state index in [9.17, 15) is 0 Å². The first-order valence-corrected chi connectivity index (χ1v) is 23.5. The fraction of sp³-hybridized carbons (Fsp3) is 0.238. The average molecular weight is 844 g/mol. The molecule has 0 spiro atoms. The number of furan rings is 1. The first kappa shape index (κ1) is 39.9. The molecule has 0 bridgehead atoms. The molecule has 1 aromatic heterocycles. The van der Waals surface area contributed by atoms with Gasteiger partial charge in [-0.05, 0) is 143 Å². The Bertz CT molecular complexity index is 3460. The average Bonchev–Trinajstić information content (AvgIpc) is 3.90. The number of benzene rings is 8. The van der Waals surface area contributed by atoms with Crippen LogP contribution in [0, 0.1) is 5.41 Å². The molecular formula is C63H57NO. The van der Waals surface area contributed by atoms with E-state index in [2.05, 4.69) is 232 Å². The molecule has 0 fully saturated rings. The maximum absolute atomic E-state index is 6.36. The van der Waals surface area contributed by atoms with Gasteiger partial charge in [0.2, 0.25) is 0 Å². The zero-order valence-electron chi connectivity index (χ0n) is 39.4. The van der Waals surface area contributed by atoms with E-state index in [4.69, 9.17) is 4.42 Å². The van der Waals surface area contributed by atoms with Crippen LogP contribution in [-0.2, 0) is 21.7 Å². The third kappa shape index (κ3) is 5.34. The fourth-order valence-corrected chi connectivity index (χ4v) is 12.3. The monoisotopic (exact) mass is 843 g/mol. The number of fused-ring (bicyclic) bond motifs is 10. The molecule has 0 radical (unpaired) electrons. The molecule has 0 saturated carbocycles. The van der Waals surface area contributed by atoms with Gasteiger partial charge in [0.1, 0.15) is 11.2 Å².